The number of nitrogens with zero attached hydrogens (tertiary/aromatic N) is 2. The summed E-state index contributed by atoms with van der Waals surface area (Å²) in [5.41, 5.74) is 2.19. The van der Waals surface area contributed by atoms with Crippen molar-refractivity contribution in [2.75, 3.05) is 19.8 Å². The van der Waals surface area contributed by atoms with E-state index in [0.717, 1.165) is 31.6 Å². The fourth-order valence-electron chi connectivity index (χ4n) is 2.81. The molecule has 1 aromatic carbocycles. The van der Waals surface area contributed by atoms with E-state index in [1.807, 2.05) is 29.1 Å². The number of hydrogen-bond donors (Lipinski definition) is 1. The smallest absolute Gasteiger partial charge is 0.248 e. The zero-order chi connectivity index (χ0) is 17.5. The molecule has 1 aromatic heterocycles. The van der Waals surface area contributed by atoms with Gasteiger partial charge in [0.1, 0.15) is 6.10 Å². The Labute approximate surface area is 148 Å². The Morgan fingerprint density at radius 3 is 2.96 bits per heavy atom. The molecule has 6 nitrogen and oxygen atoms in total. The van der Waals surface area contributed by atoms with E-state index < -0.39 is 6.10 Å². The first-order valence-electron chi connectivity index (χ1n) is 8.82. The molecule has 1 aliphatic heterocycles. The van der Waals surface area contributed by atoms with Crippen LogP contribution in [-0.2, 0) is 20.7 Å². The van der Waals surface area contributed by atoms with Crippen molar-refractivity contribution >= 4 is 5.91 Å². The second kappa shape index (κ2) is 8.78. The SMILES string of the molecule is CC(OCC1CCCO1)C(=O)NCCc1ccc(-n2cccn2)cc1. The van der Waals surface area contributed by atoms with Gasteiger partial charge in [-0.1, -0.05) is 12.1 Å². The van der Waals surface area contributed by atoms with E-state index in [9.17, 15) is 4.79 Å². The molecule has 1 N–H and O–H groups in total. The first kappa shape index (κ1) is 17.6. The van der Waals surface area contributed by atoms with E-state index in [2.05, 4.69) is 22.5 Å². The number of hydrogen-bond acceptors (Lipinski definition) is 4. The van der Waals surface area contributed by atoms with Gasteiger partial charge >= 0.3 is 0 Å². The normalized spacial score (nSPS) is 18.2. The van der Waals surface area contributed by atoms with Crippen molar-refractivity contribution < 1.29 is 14.3 Å². The first-order chi connectivity index (χ1) is 12.2. The molecule has 6 heteroatoms. The molecule has 2 heterocycles. The minimum Gasteiger partial charge on any atom is -0.376 e. The van der Waals surface area contributed by atoms with Crippen molar-refractivity contribution in [1.29, 1.82) is 0 Å². The first-order valence-corrected chi connectivity index (χ1v) is 8.82. The van der Waals surface area contributed by atoms with E-state index in [4.69, 9.17) is 9.47 Å². The van der Waals surface area contributed by atoms with Crippen LogP contribution in [0.5, 0.6) is 0 Å². The molecule has 1 aliphatic rings. The lowest BCUT2D eigenvalue weighted by atomic mass is 10.1. The highest BCUT2D eigenvalue weighted by Crippen LogP contribution is 2.13. The number of aromatic nitrogens is 2. The van der Waals surface area contributed by atoms with Gasteiger partial charge in [-0.05, 0) is 49.9 Å². The highest BCUT2D eigenvalue weighted by Gasteiger charge is 2.19. The van der Waals surface area contributed by atoms with Gasteiger partial charge in [0.05, 0.1) is 18.4 Å². The predicted molar refractivity (Wildman–Crippen MR) is 94.7 cm³/mol. The molecule has 2 aromatic rings. The second-order valence-electron chi connectivity index (χ2n) is 6.27. The summed E-state index contributed by atoms with van der Waals surface area (Å²) < 4.78 is 12.9. The number of carbonyl (C=O) groups is 1. The quantitative estimate of drug-likeness (QED) is 0.797. The predicted octanol–water partition coefficient (Wildman–Crippen LogP) is 2.12. The molecule has 0 bridgehead atoms. The summed E-state index contributed by atoms with van der Waals surface area (Å²) in [5.74, 6) is -0.0776. The third-order valence-corrected chi connectivity index (χ3v) is 4.34. The van der Waals surface area contributed by atoms with Crippen LogP contribution in [0.2, 0.25) is 0 Å². The van der Waals surface area contributed by atoms with Crippen LogP contribution in [0.15, 0.2) is 42.7 Å². The zero-order valence-electron chi connectivity index (χ0n) is 14.6. The monoisotopic (exact) mass is 343 g/mol. The van der Waals surface area contributed by atoms with Gasteiger partial charge in [0.2, 0.25) is 5.91 Å². The van der Waals surface area contributed by atoms with E-state index >= 15 is 0 Å². The molecule has 2 unspecified atom stereocenters. The molecule has 0 saturated carbocycles. The van der Waals surface area contributed by atoms with Crippen LogP contribution < -0.4 is 5.32 Å². The van der Waals surface area contributed by atoms with E-state index in [0.29, 0.717) is 13.2 Å². The number of ether oxygens (including phenoxy) is 2. The topological polar surface area (TPSA) is 65.4 Å². The van der Waals surface area contributed by atoms with E-state index in [-0.39, 0.29) is 12.0 Å². The van der Waals surface area contributed by atoms with E-state index in [1.165, 1.54) is 5.56 Å². The van der Waals surface area contributed by atoms with Gasteiger partial charge < -0.3 is 14.8 Å². The number of benzene rings is 1. The van der Waals surface area contributed by atoms with Gasteiger partial charge in [0.15, 0.2) is 0 Å². The number of nitrogens with one attached hydrogen (secondary N) is 1. The molecule has 0 aliphatic carbocycles. The van der Waals surface area contributed by atoms with Gasteiger partial charge in [-0.2, -0.15) is 5.10 Å². The van der Waals surface area contributed by atoms with Crippen LogP contribution in [-0.4, -0.2) is 47.7 Å². The largest absolute Gasteiger partial charge is 0.376 e. The van der Waals surface area contributed by atoms with Crippen LogP contribution in [0.25, 0.3) is 5.69 Å². The summed E-state index contributed by atoms with van der Waals surface area (Å²) in [6.45, 7) is 3.66. The minimum atomic E-state index is -0.452. The molecule has 0 spiro atoms. The average molecular weight is 343 g/mol. The molecule has 1 fully saturated rings. The second-order valence-corrected chi connectivity index (χ2v) is 6.27. The summed E-state index contributed by atoms with van der Waals surface area (Å²) >= 11 is 0. The Hall–Kier alpha value is -2.18. The summed E-state index contributed by atoms with van der Waals surface area (Å²) in [4.78, 5) is 12.1. The zero-order valence-corrected chi connectivity index (χ0v) is 14.6. The number of rotatable bonds is 8. The van der Waals surface area contributed by atoms with Crippen molar-refractivity contribution in [1.82, 2.24) is 15.1 Å². The fourth-order valence-corrected chi connectivity index (χ4v) is 2.81. The maximum absolute atomic E-state index is 12.1. The van der Waals surface area contributed by atoms with Crippen LogP contribution in [0.3, 0.4) is 0 Å². The third-order valence-electron chi connectivity index (χ3n) is 4.34. The van der Waals surface area contributed by atoms with Crippen LogP contribution in [0.4, 0.5) is 0 Å². The van der Waals surface area contributed by atoms with Crippen LogP contribution in [0, 0.1) is 0 Å². The number of amides is 1. The summed E-state index contributed by atoms with van der Waals surface area (Å²) in [6.07, 6.45) is 6.23. The molecule has 25 heavy (non-hydrogen) atoms. The fraction of sp³-hybridized carbons (Fsp3) is 0.474. The summed E-state index contributed by atoms with van der Waals surface area (Å²) in [7, 11) is 0. The van der Waals surface area contributed by atoms with Crippen molar-refractivity contribution in [3.05, 3.63) is 48.3 Å². The highest BCUT2D eigenvalue weighted by molar-refractivity contribution is 5.80. The minimum absolute atomic E-state index is 0.0776. The van der Waals surface area contributed by atoms with Gasteiger partial charge in [-0.15, -0.1) is 0 Å². The van der Waals surface area contributed by atoms with Gasteiger partial charge in [-0.25, -0.2) is 4.68 Å². The maximum atomic E-state index is 12.1. The van der Waals surface area contributed by atoms with E-state index in [1.54, 1.807) is 13.1 Å². The molecule has 2 atom stereocenters. The van der Waals surface area contributed by atoms with Gasteiger partial charge in [0.25, 0.3) is 0 Å². The molecule has 0 radical (unpaired) electrons. The third kappa shape index (κ3) is 5.14. The Morgan fingerprint density at radius 1 is 1.44 bits per heavy atom. The van der Waals surface area contributed by atoms with Crippen LogP contribution in [0.1, 0.15) is 25.3 Å². The van der Waals surface area contributed by atoms with Crippen molar-refractivity contribution in [2.24, 2.45) is 0 Å². The lowest BCUT2D eigenvalue weighted by Crippen LogP contribution is -2.37. The lowest BCUT2D eigenvalue weighted by molar-refractivity contribution is -0.133. The van der Waals surface area contributed by atoms with Crippen molar-refractivity contribution in [2.45, 2.75) is 38.4 Å². The lowest BCUT2D eigenvalue weighted by Gasteiger charge is -2.16. The molecule has 1 saturated heterocycles. The molecule has 1 amide bonds. The maximum Gasteiger partial charge on any atom is 0.248 e. The molecule has 3 rings (SSSR count). The Bertz CT molecular complexity index is 649. The summed E-state index contributed by atoms with van der Waals surface area (Å²) in [5, 5.41) is 7.13. The van der Waals surface area contributed by atoms with Crippen LogP contribution >= 0.6 is 0 Å². The number of carbonyl (C=O) groups excluding carboxylic acids is 1. The molecular weight excluding hydrogens is 318 g/mol. The standard InChI is InChI=1S/C19H25N3O3/c1-15(25-14-18-4-2-13-24-18)19(23)20-11-9-16-5-7-17(8-6-16)22-12-3-10-21-22/h3,5-8,10,12,15,18H,2,4,9,11,13-14H2,1H3,(H,20,23). The average Bonchev–Trinajstić information content (AvgIpc) is 3.34. The molecule has 134 valence electrons. The Morgan fingerprint density at radius 2 is 2.28 bits per heavy atom. The van der Waals surface area contributed by atoms with Gasteiger partial charge in [-0.3, -0.25) is 4.79 Å². The van der Waals surface area contributed by atoms with Crippen molar-refractivity contribution in [3.8, 4) is 5.69 Å². The Balaban J connectivity index is 1.37. The molecular formula is C19H25N3O3. The van der Waals surface area contributed by atoms with Crippen molar-refractivity contribution in [3.63, 3.8) is 0 Å². The summed E-state index contributed by atoms with van der Waals surface area (Å²) in [6, 6.07) is 10.1. The Kier molecular flexibility index (Phi) is 6.19. The van der Waals surface area contributed by atoms with Gasteiger partial charge in [0, 0.05) is 25.5 Å². The highest BCUT2D eigenvalue weighted by atomic mass is 16.5.